The predicted molar refractivity (Wildman–Crippen MR) is 72.3 cm³/mol. The Morgan fingerprint density at radius 3 is 2.84 bits per heavy atom. The summed E-state index contributed by atoms with van der Waals surface area (Å²) in [5, 5.41) is 10.7. The number of allylic oxidation sites excluding steroid dienone is 5. The fourth-order valence-electron chi connectivity index (χ4n) is 1.33. The molecule has 0 bridgehead atoms. The summed E-state index contributed by atoms with van der Waals surface area (Å²) in [6, 6.07) is 0. The van der Waals surface area contributed by atoms with Gasteiger partial charge in [0.05, 0.1) is 7.05 Å². The number of nitro groups is 1. The molecule has 19 heavy (non-hydrogen) atoms. The topological polar surface area (TPSA) is 70.2 Å². The Hall–Kier alpha value is -2.63. The molecule has 6 nitrogen and oxygen atoms in total. The maximum absolute atomic E-state index is 10.7. The van der Waals surface area contributed by atoms with Crippen molar-refractivity contribution in [2.24, 2.45) is 7.05 Å². The fourth-order valence-corrected chi connectivity index (χ4v) is 1.33. The highest BCUT2D eigenvalue weighted by Crippen LogP contribution is 2.13. The molecule has 0 radical (unpaired) electrons. The van der Waals surface area contributed by atoms with E-state index in [-0.39, 0.29) is 12.6 Å². The molecule has 0 amide bonds. The summed E-state index contributed by atoms with van der Waals surface area (Å²) in [5.74, 6) is 0.369. The predicted octanol–water partition coefficient (Wildman–Crippen LogP) is 2.66. The van der Waals surface area contributed by atoms with Gasteiger partial charge in [0.15, 0.2) is 5.69 Å². The van der Waals surface area contributed by atoms with Crippen LogP contribution in [0.3, 0.4) is 0 Å². The van der Waals surface area contributed by atoms with E-state index in [0.717, 1.165) is 0 Å². The molecule has 0 aliphatic rings. The molecule has 0 N–H and O–H groups in total. The molecule has 0 saturated carbocycles. The first kappa shape index (κ1) is 14.4. The highest BCUT2D eigenvalue weighted by Gasteiger charge is 2.17. The molecule has 0 fully saturated rings. The molecule has 0 saturated heterocycles. The van der Waals surface area contributed by atoms with E-state index in [1.807, 2.05) is 0 Å². The second kappa shape index (κ2) is 6.95. The Bertz CT molecular complexity index is 541. The summed E-state index contributed by atoms with van der Waals surface area (Å²) in [5.41, 5.74) is 0.605. The average molecular weight is 261 g/mol. The van der Waals surface area contributed by atoms with Crippen molar-refractivity contribution in [3.05, 3.63) is 71.3 Å². The zero-order valence-electron chi connectivity index (χ0n) is 10.7. The third-order valence-corrected chi connectivity index (χ3v) is 2.29. The molecule has 0 aromatic carbocycles. The largest absolute Gasteiger partial charge is 0.486 e. The number of ether oxygens (including phenoxy) is 1. The van der Waals surface area contributed by atoms with E-state index in [9.17, 15) is 10.1 Å². The number of nitrogens with zero attached hydrogens (tertiary/aromatic N) is 3. The zero-order chi connectivity index (χ0) is 14.3. The van der Waals surface area contributed by atoms with Crippen molar-refractivity contribution in [3.63, 3.8) is 0 Å². The van der Waals surface area contributed by atoms with Gasteiger partial charge < -0.3 is 14.9 Å². The maximum atomic E-state index is 10.7. The fraction of sp³-hybridized carbons (Fsp3) is 0.154. The Balaban J connectivity index is 2.77. The number of hydrogen-bond donors (Lipinski definition) is 0. The molecule has 0 spiro atoms. The lowest BCUT2D eigenvalue weighted by Crippen LogP contribution is -2.03. The van der Waals surface area contributed by atoms with Gasteiger partial charge in [0.2, 0.25) is 0 Å². The first-order chi connectivity index (χ1) is 9.10. The maximum Gasteiger partial charge on any atom is 0.434 e. The van der Waals surface area contributed by atoms with Gasteiger partial charge in [-0.1, -0.05) is 36.4 Å². The minimum absolute atomic E-state index is 0.179. The smallest absolute Gasteiger partial charge is 0.434 e. The van der Waals surface area contributed by atoms with Gasteiger partial charge in [-0.25, -0.2) is 4.57 Å². The molecule has 1 aromatic rings. The van der Waals surface area contributed by atoms with E-state index < -0.39 is 4.92 Å². The van der Waals surface area contributed by atoms with Gasteiger partial charge in [-0.15, -0.1) is 0 Å². The van der Waals surface area contributed by atoms with E-state index >= 15 is 0 Å². The van der Waals surface area contributed by atoms with E-state index in [0.29, 0.717) is 11.5 Å². The van der Waals surface area contributed by atoms with Gasteiger partial charge >= 0.3 is 5.95 Å². The molecule has 0 unspecified atom stereocenters. The van der Waals surface area contributed by atoms with Crippen LogP contribution in [0.2, 0.25) is 0 Å². The zero-order valence-corrected chi connectivity index (χ0v) is 10.7. The third-order valence-electron chi connectivity index (χ3n) is 2.29. The van der Waals surface area contributed by atoms with E-state index in [1.165, 1.54) is 10.8 Å². The summed E-state index contributed by atoms with van der Waals surface area (Å²) < 4.78 is 6.89. The monoisotopic (exact) mass is 261 g/mol. The van der Waals surface area contributed by atoms with Gasteiger partial charge in [-0.3, -0.25) is 0 Å². The standard InChI is InChI=1S/C13H15N3O3/c1-4-6-8-12(7-5-2)19-10-11-9-14-13(15(11)3)16(17)18/h4-9H,1-2,10H2,3H3/b8-6-,12-7+. The van der Waals surface area contributed by atoms with Crippen LogP contribution in [0.4, 0.5) is 5.95 Å². The Morgan fingerprint density at radius 2 is 2.32 bits per heavy atom. The first-order valence-corrected chi connectivity index (χ1v) is 5.49. The van der Waals surface area contributed by atoms with Crippen molar-refractivity contribution in [3.8, 4) is 0 Å². The van der Waals surface area contributed by atoms with Crippen molar-refractivity contribution in [1.82, 2.24) is 9.55 Å². The highest BCUT2D eigenvalue weighted by molar-refractivity contribution is 5.21. The van der Waals surface area contributed by atoms with Crippen molar-refractivity contribution < 1.29 is 9.66 Å². The Morgan fingerprint density at radius 1 is 1.58 bits per heavy atom. The van der Waals surface area contributed by atoms with Crippen LogP contribution >= 0.6 is 0 Å². The van der Waals surface area contributed by atoms with Gasteiger partial charge in [-0.05, 0) is 17.1 Å². The molecule has 1 heterocycles. The van der Waals surface area contributed by atoms with Crippen molar-refractivity contribution >= 4 is 5.95 Å². The summed E-state index contributed by atoms with van der Waals surface area (Å²) in [6.45, 7) is 7.33. The van der Waals surface area contributed by atoms with Crippen LogP contribution < -0.4 is 0 Å². The number of imidazole rings is 1. The Kier molecular flexibility index (Phi) is 5.28. The third kappa shape index (κ3) is 3.95. The van der Waals surface area contributed by atoms with Crippen LogP contribution in [0, 0.1) is 10.1 Å². The number of hydrogen-bond acceptors (Lipinski definition) is 4. The van der Waals surface area contributed by atoms with Crippen LogP contribution in [0.25, 0.3) is 0 Å². The molecular formula is C13H15N3O3. The molecule has 1 rings (SSSR count). The minimum Gasteiger partial charge on any atom is -0.486 e. The van der Waals surface area contributed by atoms with E-state index in [1.54, 1.807) is 37.4 Å². The highest BCUT2D eigenvalue weighted by atomic mass is 16.6. The van der Waals surface area contributed by atoms with Gasteiger partial charge in [0.1, 0.15) is 18.6 Å². The number of aromatic nitrogens is 2. The van der Waals surface area contributed by atoms with Crippen LogP contribution in [-0.2, 0) is 18.4 Å². The van der Waals surface area contributed by atoms with E-state index in [2.05, 4.69) is 18.1 Å². The average Bonchev–Trinajstić information content (AvgIpc) is 2.74. The molecule has 0 aliphatic heterocycles. The lowest BCUT2D eigenvalue weighted by atomic mass is 10.3. The van der Waals surface area contributed by atoms with Gasteiger partial charge in [0, 0.05) is 0 Å². The summed E-state index contributed by atoms with van der Waals surface area (Å²) in [4.78, 5) is 13.8. The van der Waals surface area contributed by atoms with Crippen LogP contribution in [0.5, 0.6) is 0 Å². The van der Waals surface area contributed by atoms with Crippen LogP contribution in [0.1, 0.15) is 5.69 Å². The van der Waals surface area contributed by atoms with Crippen molar-refractivity contribution in [2.75, 3.05) is 0 Å². The minimum atomic E-state index is -0.540. The Labute approximate surface area is 111 Å². The second-order valence-electron chi connectivity index (χ2n) is 3.55. The SMILES string of the molecule is C=C/C=C\C(=C/C=C)OCc1cnc([N+](=O)[O-])n1C. The normalized spacial score (nSPS) is 11.5. The van der Waals surface area contributed by atoms with Crippen LogP contribution in [-0.4, -0.2) is 14.5 Å². The summed E-state index contributed by atoms with van der Waals surface area (Å²) in [6.07, 6.45) is 9.76. The molecule has 0 atom stereocenters. The van der Waals surface area contributed by atoms with Crippen molar-refractivity contribution in [2.45, 2.75) is 6.61 Å². The summed E-state index contributed by atoms with van der Waals surface area (Å²) >= 11 is 0. The van der Waals surface area contributed by atoms with Gasteiger partial charge in [-0.2, -0.15) is 0 Å². The van der Waals surface area contributed by atoms with Gasteiger partial charge in [0.25, 0.3) is 0 Å². The van der Waals surface area contributed by atoms with Crippen molar-refractivity contribution in [1.29, 1.82) is 0 Å². The molecule has 1 aromatic heterocycles. The molecular weight excluding hydrogens is 246 g/mol. The van der Waals surface area contributed by atoms with Crippen LogP contribution in [0.15, 0.2) is 55.5 Å². The van der Waals surface area contributed by atoms with E-state index in [4.69, 9.17) is 4.74 Å². The quantitative estimate of drug-likeness (QED) is 0.327. The first-order valence-electron chi connectivity index (χ1n) is 5.49. The second-order valence-corrected chi connectivity index (χ2v) is 3.55. The molecule has 0 aliphatic carbocycles. The lowest BCUT2D eigenvalue weighted by molar-refractivity contribution is -0.396. The molecule has 100 valence electrons. The number of rotatable bonds is 7. The molecule has 6 heteroatoms. The lowest BCUT2D eigenvalue weighted by Gasteiger charge is -2.05. The summed E-state index contributed by atoms with van der Waals surface area (Å²) in [7, 11) is 1.57.